The summed E-state index contributed by atoms with van der Waals surface area (Å²) in [4.78, 5) is 28.7. The maximum atomic E-state index is 12.1. The molecule has 6 nitrogen and oxygen atoms in total. The zero-order chi connectivity index (χ0) is 13.1. The van der Waals surface area contributed by atoms with E-state index in [4.69, 9.17) is 10.8 Å². The van der Waals surface area contributed by atoms with Crippen molar-refractivity contribution in [2.45, 2.75) is 12.5 Å². The summed E-state index contributed by atoms with van der Waals surface area (Å²) in [5, 5.41) is 11.5. The topological polar surface area (TPSA) is 96.5 Å². The first-order valence-electron chi connectivity index (χ1n) is 5.39. The van der Waals surface area contributed by atoms with Gasteiger partial charge in [0, 0.05) is 17.6 Å². The summed E-state index contributed by atoms with van der Waals surface area (Å²) in [5.41, 5.74) is 5.74. The first-order valence-corrected chi connectivity index (χ1v) is 7.43. The molecule has 0 aliphatic carbocycles. The van der Waals surface area contributed by atoms with Crippen molar-refractivity contribution in [1.29, 1.82) is 0 Å². The zero-order valence-electron chi connectivity index (χ0n) is 9.54. The molecule has 1 saturated heterocycles. The Morgan fingerprint density at radius 1 is 1.61 bits per heavy atom. The normalized spacial score (nSPS) is 19.2. The number of hydrogen-bond acceptors (Lipinski definition) is 6. The lowest BCUT2D eigenvalue weighted by Crippen LogP contribution is -2.41. The van der Waals surface area contributed by atoms with Crippen LogP contribution in [0.1, 0.15) is 15.5 Å². The van der Waals surface area contributed by atoms with E-state index < -0.39 is 12.0 Å². The van der Waals surface area contributed by atoms with Crippen molar-refractivity contribution >= 4 is 35.0 Å². The van der Waals surface area contributed by atoms with E-state index in [1.54, 1.807) is 5.38 Å². The minimum absolute atomic E-state index is 0.313. The Bertz CT molecular complexity index is 463. The Balaban J connectivity index is 2.12. The van der Waals surface area contributed by atoms with Crippen molar-refractivity contribution in [2.75, 3.05) is 18.2 Å². The Morgan fingerprint density at radius 2 is 2.39 bits per heavy atom. The van der Waals surface area contributed by atoms with Crippen LogP contribution in [0, 0.1) is 0 Å². The number of carbonyl (C=O) groups excluding carboxylic acids is 1. The van der Waals surface area contributed by atoms with Crippen LogP contribution >= 0.6 is 23.1 Å². The molecule has 2 rings (SSSR count). The largest absolute Gasteiger partial charge is 0.480 e. The Morgan fingerprint density at radius 3 is 3.06 bits per heavy atom. The van der Waals surface area contributed by atoms with Gasteiger partial charge in [-0.3, -0.25) is 4.79 Å². The molecule has 0 unspecified atom stereocenters. The lowest BCUT2D eigenvalue weighted by atomic mass is 10.3. The quantitative estimate of drug-likeness (QED) is 0.823. The zero-order valence-corrected chi connectivity index (χ0v) is 11.2. The van der Waals surface area contributed by atoms with E-state index in [1.807, 2.05) is 0 Å². The number of hydrogen-bond donors (Lipinski definition) is 2. The summed E-state index contributed by atoms with van der Waals surface area (Å²) in [7, 11) is 0. The number of aliphatic carboxylic acids is 1. The van der Waals surface area contributed by atoms with Crippen molar-refractivity contribution in [2.24, 2.45) is 5.73 Å². The molecular formula is C10H13N3O3S2. The standard InChI is InChI=1S/C10H13N3O3S2/c11-2-1-8-12-6(3-18-8)9(14)13-5-17-4-7(13)10(15)16/h3,7H,1-2,4-5,11H2,(H,15,16)/t7-/m0/s1. The summed E-state index contributed by atoms with van der Waals surface area (Å²) < 4.78 is 0. The summed E-state index contributed by atoms with van der Waals surface area (Å²) >= 11 is 2.82. The molecule has 0 spiro atoms. The molecule has 1 aromatic rings. The predicted molar refractivity (Wildman–Crippen MR) is 69.8 cm³/mol. The molecule has 18 heavy (non-hydrogen) atoms. The van der Waals surface area contributed by atoms with E-state index in [0.29, 0.717) is 30.3 Å². The number of thioether (sulfide) groups is 1. The highest BCUT2D eigenvalue weighted by Gasteiger charge is 2.35. The highest BCUT2D eigenvalue weighted by Crippen LogP contribution is 2.23. The molecule has 2 heterocycles. The third-order valence-corrected chi connectivity index (χ3v) is 4.48. The van der Waals surface area contributed by atoms with E-state index in [1.165, 1.54) is 28.0 Å². The number of carboxylic acids is 1. The SMILES string of the molecule is NCCc1nc(C(=O)N2CSC[C@H]2C(=O)O)cs1. The minimum Gasteiger partial charge on any atom is -0.480 e. The molecule has 1 amide bonds. The van der Waals surface area contributed by atoms with Gasteiger partial charge in [-0.25, -0.2) is 9.78 Å². The molecule has 1 fully saturated rings. The first kappa shape index (κ1) is 13.3. The smallest absolute Gasteiger partial charge is 0.327 e. The summed E-state index contributed by atoms with van der Waals surface area (Å²) in [6.07, 6.45) is 0.634. The van der Waals surface area contributed by atoms with Crippen molar-refractivity contribution in [3.63, 3.8) is 0 Å². The van der Waals surface area contributed by atoms with Gasteiger partial charge in [-0.1, -0.05) is 0 Å². The maximum Gasteiger partial charge on any atom is 0.327 e. The van der Waals surface area contributed by atoms with Crippen molar-refractivity contribution in [3.8, 4) is 0 Å². The van der Waals surface area contributed by atoms with Gasteiger partial charge in [-0.15, -0.1) is 23.1 Å². The average molecular weight is 287 g/mol. The van der Waals surface area contributed by atoms with Crippen LogP contribution in [0.25, 0.3) is 0 Å². The second kappa shape index (κ2) is 5.68. The van der Waals surface area contributed by atoms with Crippen molar-refractivity contribution < 1.29 is 14.7 Å². The molecular weight excluding hydrogens is 274 g/mol. The molecule has 98 valence electrons. The molecule has 1 atom stereocenters. The van der Waals surface area contributed by atoms with Gasteiger partial charge >= 0.3 is 5.97 Å². The minimum atomic E-state index is -0.967. The van der Waals surface area contributed by atoms with Crippen molar-refractivity contribution in [3.05, 3.63) is 16.1 Å². The van der Waals surface area contributed by atoms with E-state index in [9.17, 15) is 9.59 Å². The Kier molecular flexibility index (Phi) is 4.20. The number of amides is 1. The monoisotopic (exact) mass is 287 g/mol. The van der Waals surface area contributed by atoms with Crippen LogP contribution in [-0.4, -0.2) is 51.1 Å². The number of nitrogens with zero attached hydrogens (tertiary/aromatic N) is 2. The van der Waals surface area contributed by atoms with Gasteiger partial charge in [0.25, 0.3) is 5.91 Å². The molecule has 0 bridgehead atoms. The van der Waals surface area contributed by atoms with E-state index in [-0.39, 0.29) is 5.91 Å². The second-order valence-corrected chi connectivity index (χ2v) is 5.74. The molecule has 1 aliphatic rings. The number of aromatic nitrogens is 1. The van der Waals surface area contributed by atoms with Gasteiger partial charge < -0.3 is 15.7 Å². The van der Waals surface area contributed by atoms with Crippen LogP contribution in [0.3, 0.4) is 0 Å². The highest BCUT2D eigenvalue weighted by atomic mass is 32.2. The van der Waals surface area contributed by atoms with Crippen LogP contribution < -0.4 is 5.73 Å². The molecule has 1 aliphatic heterocycles. The molecule has 3 N–H and O–H groups in total. The van der Waals surface area contributed by atoms with Crippen LogP contribution in [0.2, 0.25) is 0 Å². The third kappa shape index (κ3) is 2.65. The van der Waals surface area contributed by atoms with Gasteiger partial charge in [0.15, 0.2) is 0 Å². The maximum absolute atomic E-state index is 12.1. The fraction of sp³-hybridized carbons (Fsp3) is 0.500. The summed E-state index contributed by atoms with van der Waals surface area (Å²) in [5.74, 6) is -0.446. The van der Waals surface area contributed by atoms with Gasteiger partial charge in [-0.05, 0) is 6.54 Å². The van der Waals surface area contributed by atoms with Gasteiger partial charge in [0.1, 0.15) is 11.7 Å². The molecule has 0 aromatic carbocycles. The van der Waals surface area contributed by atoms with E-state index >= 15 is 0 Å². The van der Waals surface area contributed by atoms with Gasteiger partial charge in [0.2, 0.25) is 0 Å². The summed E-state index contributed by atoms with van der Waals surface area (Å²) in [6.45, 7) is 0.485. The Hall–Kier alpha value is -1.12. The Labute approximate surface area is 112 Å². The van der Waals surface area contributed by atoms with E-state index in [2.05, 4.69) is 4.98 Å². The number of rotatable bonds is 4. The lowest BCUT2D eigenvalue weighted by molar-refractivity contribution is -0.140. The summed E-state index contributed by atoms with van der Waals surface area (Å²) in [6, 6.07) is -0.748. The second-order valence-electron chi connectivity index (χ2n) is 3.79. The number of thiazole rings is 1. The van der Waals surface area contributed by atoms with E-state index in [0.717, 1.165) is 5.01 Å². The highest BCUT2D eigenvalue weighted by molar-refractivity contribution is 7.99. The first-order chi connectivity index (χ1) is 8.63. The van der Waals surface area contributed by atoms with Crippen molar-refractivity contribution in [1.82, 2.24) is 9.88 Å². The molecule has 1 aromatic heterocycles. The molecule has 8 heteroatoms. The lowest BCUT2D eigenvalue weighted by Gasteiger charge is -2.19. The third-order valence-electron chi connectivity index (χ3n) is 2.56. The number of carboxylic acid groups (broad SMARTS) is 1. The van der Waals surface area contributed by atoms with Gasteiger partial charge in [0.05, 0.1) is 10.9 Å². The van der Waals surface area contributed by atoms with Crippen LogP contribution in [0.15, 0.2) is 5.38 Å². The van der Waals surface area contributed by atoms with Crippen LogP contribution in [0.4, 0.5) is 0 Å². The fourth-order valence-corrected chi connectivity index (χ4v) is 3.57. The van der Waals surface area contributed by atoms with Crippen LogP contribution in [-0.2, 0) is 11.2 Å². The van der Waals surface area contributed by atoms with Gasteiger partial charge in [-0.2, -0.15) is 0 Å². The number of nitrogens with two attached hydrogens (primary N) is 1. The molecule has 0 radical (unpaired) electrons. The molecule has 0 saturated carbocycles. The predicted octanol–water partition coefficient (Wildman–Crippen LogP) is 0.244. The fourth-order valence-electron chi connectivity index (χ4n) is 1.64. The van der Waals surface area contributed by atoms with Crippen LogP contribution in [0.5, 0.6) is 0 Å². The number of carbonyl (C=O) groups is 2. The average Bonchev–Trinajstić information content (AvgIpc) is 2.96.